The molecule has 1 atom stereocenters. The molecule has 0 fully saturated rings. The summed E-state index contributed by atoms with van der Waals surface area (Å²) in [6.45, 7) is 8.26. The lowest BCUT2D eigenvalue weighted by Gasteiger charge is -2.27. The van der Waals surface area contributed by atoms with Gasteiger partial charge in [-0.1, -0.05) is 0 Å². The van der Waals surface area contributed by atoms with Gasteiger partial charge in [-0.05, 0) is 46.2 Å². The van der Waals surface area contributed by atoms with E-state index in [9.17, 15) is 10.1 Å². The van der Waals surface area contributed by atoms with Crippen molar-refractivity contribution in [3.63, 3.8) is 0 Å². The first-order chi connectivity index (χ1) is 9.79. The van der Waals surface area contributed by atoms with Gasteiger partial charge in [0.15, 0.2) is 0 Å². The number of anilines is 1. The summed E-state index contributed by atoms with van der Waals surface area (Å²) in [7, 11) is 1.66. The number of nitrogens with zero attached hydrogens (tertiary/aromatic N) is 1. The molecule has 0 heterocycles. The largest absolute Gasteiger partial charge is 0.494 e. The van der Waals surface area contributed by atoms with Crippen LogP contribution in [0.2, 0.25) is 0 Å². The van der Waals surface area contributed by atoms with E-state index in [4.69, 9.17) is 9.47 Å². The second-order valence-electron chi connectivity index (χ2n) is 5.58. The second kappa shape index (κ2) is 7.26. The van der Waals surface area contributed by atoms with Crippen molar-refractivity contribution in [2.45, 2.75) is 45.8 Å². The molecule has 0 saturated carbocycles. The van der Waals surface area contributed by atoms with Gasteiger partial charge in [-0.25, -0.2) is 0 Å². The Morgan fingerprint density at radius 2 is 2.10 bits per heavy atom. The number of hydrogen-bond acceptors (Lipinski definition) is 5. The van der Waals surface area contributed by atoms with E-state index in [-0.39, 0.29) is 17.3 Å². The molecule has 1 aromatic carbocycles. The lowest BCUT2D eigenvalue weighted by atomic mass is 9.99. The molecule has 0 radical (unpaired) electrons. The summed E-state index contributed by atoms with van der Waals surface area (Å²) >= 11 is 0. The minimum absolute atomic E-state index is 0.0167. The predicted molar refractivity (Wildman–Crippen MR) is 83.1 cm³/mol. The Bertz CT molecular complexity index is 489. The molecule has 0 saturated heterocycles. The molecular weight excluding hydrogens is 272 g/mol. The molecule has 6 heteroatoms. The van der Waals surface area contributed by atoms with Crippen LogP contribution in [0, 0.1) is 10.1 Å². The zero-order chi connectivity index (χ0) is 16.0. The molecule has 0 aliphatic heterocycles. The smallest absolute Gasteiger partial charge is 0.296 e. The number of nitro groups is 1. The van der Waals surface area contributed by atoms with Gasteiger partial charge in [0, 0.05) is 13.2 Å². The fourth-order valence-electron chi connectivity index (χ4n) is 2.18. The number of nitrogens with one attached hydrogen (secondary N) is 1. The van der Waals surface area contributed by atoms with Crippen LogP contribution in [-0.4, -0.2) is 30.3 Å². The summed E-state index contributed by atoms with van der Waals surface area (Å²) in [6, 6.07) is 4.89. The lowest BCUT2D eigenvalue weighted by Crippen LogP contribution is -2.31. The van der Waals surface area contributed by atoms with Crippen LogP contribution in [0.15, 0.2) is 18.2 Å². The van der Waals surface area contributed by atoms with E-state index in [2.05, 4.69) is 5.32 Å². The Morgan fingerprint density at radius 3 is 2.62 bits per heavy atom. The normalized spacial score (nSPS) is 12.8. The van der Waals surface area contributed by atoms with E-state index in [0.29, 0.717) is 18.0 Å². The summed E-state index contributed by atoms with van der Waals surface area (Å²) < 4.78 is 10.7. The first-order valence-electron chi connectivity index (χ1n) is 7.02. The van der Waals surface area contributed by atoms with Gasteiger partial charge in [0.1, 0.15) is 11.4 Å². The highest BCUT2D eigenvalue weighted by Crippen LogP contribution is 2.30. The molecule has 0 spiro atoms. The fourth-order valence-corrected chi connectivity index (χ4v) is 2.18. The maximum absolute atomic E-state index is 11.2. The zero-order valence-corrected chi connectivity index (χ0v) is 13.3. The highest BCUT2D eigenvalue weighted by molar-refractivity contribution is 5.64. The van der Waals surface area contributed by atoms with E-state index in [1.54, 1.807) is 19.2 Å². The minimum Gasteiger partial charge on any atom is -0.494 e. The number of ether oxygens (including phenoxy) is 2. The Labute approximate surface area is 125 Å². The first-order valence-corrected chi connectivity index (χ1v) is 7.02. The molecule has 1 rings (SSSR count). The van der Waals surface area contributed by atoms with Gasteiger partial charge in [-0.2, -0.15) is 0 Å². The third kappa shape index (κ3) is 5.23. The maximum atomic E-state index is 11.2. The molecule has 0 aliphatic carbocycles. The van der Waals surface area contributed by atoms with Crippen molar-refractivity contribution in [2.75, 3.05) is 19.0 Å². The van der Waals surface area contributed by atoms with E-state index < -0.39 is 4.92 Å². The van der Waals surface area contributed by atoms with Crippen molar-refractivity contribution in [1.29, 1.82) is 0 Å². The average Bonchev–Trinajstić information content (AvgIpc) is 2.40. The van der Waals surface area contributed by atoms with Crippen LogP contribution in [0.5, 0.6) is 5.75 Å². The highest BCUT2D eigenvalue weighted by atomic mass is 16.6. The third-order valence-corrected chi connectivity index (χ3v) is 3.23. The molecule has 1 unspecified atom stereocenters. The number of methoxy groups -OCH3 is 1. The summed E-state index contributed by atoms with van der Waals surface area (Å²) in [5.74, 6) is 0.500. The van der Waals surface area contributed by atoms with Crippen molar-refractivity contribution in [3.8, 4) is 5.75 Å². The van der Waals surface area contributed by atoms with Gasteiger partial charge in [0.2, 0.25) is 0 Å². The van der Waals surface area contributed by atoms with Crippen LogP contribution < -0.4 is 10.1 Å². The van der Waals surface area contributed by atoms with E-state index in [0.717, 1.165) is 6.42 Å². The second-order valence-corrected chi connectivity index (χ2v) is 5.58. The summed E-state index contributed by atoms with van der Waals surface area (Å²) in [5.41, 5.74) is 0.220. The molecule has 0 bridgehead atoms. The highest BCUT2D eigenvalue weighted by Gasteiger charge is 2.22. The van der Waals surface area contributed by atoms with Crippen LogP contribution >= 0.6 is 0 Å². The number of nitro benzene ring substituents is 1. The molecule has 118 valence electrons. The van der Waals surface area contributed by atoms with Crippen LogP contribution in [0.4, 0.5) is 11.4 Å². The Morgan fingerprint density at radius 1 is 1.43 bits per heavy atom. The number of hydrogen-bond donors (Lipinski definition) is 1. The summed E-state index contributed by atoms with van der Waals surface area (Å²) in [4.78, 5) is 10.8. The molecule has 1 N–H and O–H groups in total. The van der Waals surface area contributed by atoms with E-state index in [1.165, 1.54) is 6.07 Å². The molecule has 6 nitrogen and oxygen atoms in total. The van der Waals surface area contributed by atoms with Crippen molar-refractivity contribution in [1.82, 2.24) is 0 Å². The van der Waals surface area contributed by atoms with Gasteiger partial charge in [-0.3, -0.25) is 10.1 Å². The Balaban J connectivity index is 2.89. The molecular formula is C15H24N2O4. The quantitative estimate of drug-likeness (QED) is 0.586. The monoisotopic (exact) mass is 296 g/mol. The standard InChI is InChI=1S/C15H24N2O4/c1-6-21-12-7-8-13(14(9-12)17(18)19)16-11(2)10-15(3,4)20-5/h7-9,11,16H,6,10H2,1-5H3. The third-order valence-electron chi connectivity index (χ3n) is 3.23. The number of rotatable bonds is 8. The summed E-state index contributed by atoms with van der Waals surface area (Å²) in [6.07, 6.45) is 0.730. The predicted octanol–water partition coefficient (Wildman–Crippen LogP) is 3.61. The van der Waals surface area contributed by atoms with E-state index in [1.807, 2.05) is 27.7 Å². The van der Waals surface area contributed by atoms with Gasteiger partial charge in [0.25, 0.3) is 5.69 Å². The molecule has 0 aliphatic rings. The fraction of sp³-hybridized carbons (Fsp3) is 0.600. The van der Waals surface area contributed by atoms with Gasteiger partial charge < -0.3 is 14.8 Å². The molecule has 21 heavy (non-hydrogen) atoms. The van der Waals surface area contributed by atoms with Crippen molar-refractivity contribution >= 4 is 11.4 Å². The zero-order valence-electron chi connectivity index (χ0n) is 13.3. The molecule has 1 aromatic rings. The lowest BCUT2D eigenvalue weighted by molar-refractivity contribution is -0.384. The minimum atomic E-state index is -0.404. The van der Waals surface area contributed by atoms with Crippen molar-refractivity contribution < 1.29 is 14.4 Å². The Hall–Kier alpha value is -1.82. The van der Waals surface area contributed by atoms with Gasteiger partial charge >= 0.3 is 0 Å². The van der Waals surface area contributed by atoms with Crippen LogP contribution in [-0.2, 0) is 4.74 Å². The van der Waals surface area contributed by atoms with Crippen LogP contribution in [0.25, 0.3) is 0 Å². The van der Waals surface area contributed by atoms with Crippen molar-refractivity contribution in [2.24, 2.45) is 0 Å². The van der Waals surface area contributed by atoms with Crippen LogP contribution in [0.3, 0.4) is 0 Å². The average molecular weight is 296 g/mol. The van der Waals surface area contributed by atoms with E-state index >= 15 is 0 Å². The van der Waals surface area contributed by atoms with Crippen molar-refractivity contribution in [3.05, 3.63) is 28.3 Å². The maximum Gasteiger partial charge on any atom is 0.296 e. The van der Waals surface area contributed by atoms with Gasteiger partial charge in [0.05, 0.1) is 23.2 Å². The molecule has 0 aromatic heterocycles. The van der Waals surface area contributed by atoms with Gasteiger partial charge in [-0.15, -0.1) is 0 Å². The Kier molecular flexibility index (Phi) is 5.96. The molecule has 0 amide bonds. The summed E-state index contributed by atoms with van der Waals surface area (Å²) in [5, 5.41) is 14.4. The SMILES string of the molecule is CCOc1ccc(NC(C)CC(C)(C)OC)c([N+](=O)[O-])c1. The number of benzene rings is 1. The van der Waals surface area contributed by atoms with Crippen LogP contribution in [0.1, 0.15) is 34.1 Å². The topological polar surface area (TPSA) is 73.6 Å². The first kappa shape index (κ1) is 17.2.